The van der Waals surface area contributed by atoms with Gasteiger partial charge in [-0.15, -0.1) is 0 Å². The first-order valence-corrected chi connectivity index (χ1v) is 13.6. The minimum Gasteiger partial charge on any atom is -0.311 e. The molecular weight excluding hydrogens is 484 g/mol. The average molecular weight is 515 g/mol. The van der Waals surface area contributed by atoms with Crippen LogP contribution in [0.2, 0.25) is 0 Å². The van der Waals surface area contributed by atoms with Crippen LogP contribution in [-0.4, -0.2) is 5.71 Å². The normalized spacial score (nSPS) is 14.8. The molecule has 1 unspecified atom stereocenters. The topological polar surface area (TPSA) is 27.1 Å². The fourth-order valence-electron chi connectivity index (χ4n) is 5.19. The van der Waals surface area contributed by atoms with Crippen LogP contribution in [0.4, 0.5) is 17.1 Å². The van der Waals surface area contributed by atoms with Gasteiger partial charge in [-0.05, 0) is 70.3 Å². The Labute approximate surface area is 236 Å². The molecule has 2 heteroatoms. The van der Waals surface area contributed by atoms with Gasteiger partial charge in [0, 0.05) is 22.8 Å². The maximum Gasteiger partial charge on any atom is 0.0505 e. The van der Waals surface area contributed by atoms with Gasteiger partial charge in [-0.2, -0.15) is 0 Å². The fourth-order valence-corrected chi connectivity index (χ4v) is 5.19. The van der Waals surface area contributed by atoms with Crippen molar-refractivity contribution in [1.29, 1.82) is 5.41 Å². The fraction of sp³-hybridized carbons (Fsp3) is 0.0263. The van der Waals surface area contributed by atoms with E-state index in [0.717, 1.165) is 44.9 Å². The number of rotatable bonds is 7. The minimum atomic E-state index is -0.0771. The van der Waals surface area contributed by atoms with Gasteiger partial charge in [-0.3, -0.25) is 0 Å². The standard InChI is InChI=1S/C38H30N2/c39-37-18-10-13-32(20-19-29-11-4-1-5-12-29)38(37)33-23-21-30(22-24-33)31-25-27-36(28-26-31)40(34-14-6-2-7-15-34)35-16-8-3-9-17-35/h1-28,38-39H. The van der Waals surface area contributed by atoms with Gasteiger partial charge in [0.15, 0.2) is 0 Å². The zero-order valence-corrected chi connectivity index (χ0v) is 22.2. The molecule has 0 saturated carbocycles. The molecule has 1 aliphatic rings. The molecule has 0 fully saturated rings. The molecule has 5 aromatic carbocycles. The number of para-hydroxylation sites is 2. The second kappa shape index (κ2) is 11.7. The highest BCUT2D eigenvalue weighted by Gasteiger charge is 2.21. The number of nitrogens with one attached hydrogen (secondary N) is 1. The molecule has 0 aliphatic heterocycles. The Morgan fingerprint density at radius 1 is 0.525 bits per heavy atom. The Hall–Kier alpha value is -5.21. The van der Waals surface area contributed by atoms with Crippen LogP contribution in [0.15, 0.2) is 169 Å². The molecular formula is C38H30N2. The van der Waals surface area contributed by atoms with Gasteiger partial charge in [0.1, 0.15) is 0 Å². The number of hydrogen-bond donors (Lipinski definition) is 1. The minimum absolute atomic E-state index is 0.0771. The van der Waals surface area contributed by atoms with Crippen LogP contribution in [0.3, 0.4) is 0 Å². The highest BCUT2D eigenvalue weighted by Crippen LogP contribution is 2.36. The van der Waals surface area contributed by atoms with Gasteiger partial charge in [0.25, 0.3) is 0 Å². The SMILES string of the molecule is N=C1C=CC=C(C=Cc2ccccc2)C1c1ccc(-c2ccc(N(c3ccccc3)c3ccccc3)cc2)cc1. The van der Waals surface area contributed by atoms with Crippen LogP contribution in [0.5, 0.6) is 0 Å². The molecule has 0 bridgehead atoms. The number of benzene rings is 5. The number of anilines is 3. The molecule has 6 rings (SSSR count). The molecule has 0 saturated heterocycles. The molecule has 0 heterocycles. The summed E-state index contributed by atoms with van der Waals surface area (Å²) in [5, 5.41) is 8.65. The molecule has 0 amide bonds. The predicted octanol–water partition coefficient (Wildman–Crippen LogP) is 10.1. The van der Waals surface area contributed by atoms with Crippen LogP contribution in [0.25, 0.3) is 17.2 Å². The molecule has 1 aliphatic carbocycles. The zero-order chi connectivity index (χ0) is 27.1. The summed E-state index contributed by atoms with van der Waals surface area (Å²) in [6.45, 7) is 0. The first-order valence-electron chi connectivity index (χ1n) is 13.6. The first-order chi connectivity index (χ1) is 19.8. The molecule has 2 nitrogen and oxygen atoms in total. The van der Waals surface area contributed by atoms with E-state index in [1.807, 2.05) is 42.5 Å². The van der Waals surface area contributed by atoms with Crippen LogP contribution < -0.4 is 4.90 Å². The van der Waals surface area contributed by atoms with Crippen molar-refractivity contribution in [2.24, 2.45) is 0 Å². The van der Waals surface area contributed by atoms with E-state index < -0.39 is 0 Å². The summed E-state index contributed by atoms with van der Waals surface area (Å²) in [5.74, 6) is -0.0771. The van der Waals surface area contributed by atoms with Crippen LogP contribution in [0, 0.1) is 5.41 Å². The summed E-state index contributed by atoms with van der Waals surface area (Å²) in [6.07, 6.45) is 10.2. The average Bonchev–Trinajstić information content (AvgIpc) is 3.02. The molecule has 0 aromatic heterocycles. The van der Waals surface area contributed by atoms with E-state index in [-0.39, 0.29) is 5.92 Å². The number of allylic oxidation sites excluding steroid dienone is 5. The highest BCUT2D eigenvalue weighted by atomic mass is 15.1. The van der Waals surface area contributed by atoms with Gasteiger partial charge >= 0.3 is 0 Å². The Balaban J connectivity index is 1.25. The Bertz CT molecular complexity index is 1620. The summed E-state index contributed by atoms with van der Waals surface area (Å²) >= 11 is 0. The molecule has 40 heavy (non-hydrogen) atoms. The Morgan fingerprint density at radius 3 is 1.60 bits per heavy atom. The molecule has 0 spiro atoms. The van der Waals surface area contributed by atoms with Crippen molar-refractivity contribution in [3.05, 3.63) is 181 Å². The predicted molar refractivity (Wildman–Crippen MR) is 170 cm³/mol. The van der Waals surface area contributed by atoms with Crippen LogP contribution in [0.1, 0.15) is 17.0 Å². The lowest BCUT2D eigenvalue weighted by Crippen LogP contribution is -2.13. The van der Waals surface area contributed by atoms with Gasteiger partial charge in [-0.25, -0.2) is 0 Å². The van der Waals surface area contributed by atoms with Crippen LogP contribution >= 0.6 is 0 Å². The third-order valence-corrected chi connectivity index (χ3v) is 7.21. The van der Waals surface area contributed by atoms with Crippen molar-refractivity contribution < 1.29 is 0 Å². The number of nitrogens with zero attached hydrogens (tertiary/aromatic N) is 1. The second-order valence-electron chi connectivity index (χ2n) is 9.83. The molecule has 0 radical (unpaired) electrons. The first kappa shape index (κ1) is 25.1. The summed E-state index contributed by atoms with van der Waals surface area (Å²) < 4.78 is 0. The summed E-state index contributed by atoms with van der Waals surface area (Å²) in [6, 6.07) is 48.6. The van der Waals surface area contributed by atoms with E-state index >= 15 is 0 Å². The maximum absolute atomic E-state index is 8.65. The maximum atomic E-state index is 8.65. The van der Waals surface area contributed by atoms with Gasteiger partial charge in [0.2, 0.25) is 0 Å². The van der Waals surface area contributed by atoms with Crippen molar-refractivity contribution >= 4 is 28.8 Å². The van der Waals surface area contributed by atoms with E-state index in [2.05, 4.69) is 132 Å². The lowest BCUT2D eigenvalue weighted by molar-refractivity contribution is 1.06. The summed E-state index contributed by atoms with van der Waals surface area (Å²) in [5.41, 5.74) is 9.68. The smallest absolute Gasteiger partial charge is 0.0505 e. The molecule has 192 valence electrons. The Morgan fingerprint density at radius 2 is 1.02 bits per heavy atom. The molecule has 1 atom stereocenters. The van der Waals surface area contributed by atoms with E-state index in [4.69, 9.17) is 5.41 Å². The summed E-state index contributed by atoms with van der Waals surface area (Å²) in [7, 11) is 0. The van der Waals surface area contributed by atoms with E-state index in [9.17, 15) is 0 Å². The van der Waals surface area contributed by atoms with E-state index in [1.54, 1.807) is 0 Å². The third-order valence-electron chi connectivity index (χ3n) is 7.21. The third kappa shape index (κ3) is 5.48. The van der Waals surface area contributed by atoms with Crippen molar-refractivity contribution in [2.75, 3.05) is 4.90 Å². The van der Waals surface area contributed by atoms with E-state index in [1.165, 1.54) is 0 Å². The monoisotopic (exact) mass is 514 g/mol. The highest BCUT2D eigenvalue weighted by molar-refractivity contribution is 6.02. The van der Waals surface area contributed by atoms with Crippen molar-refractivity contribution in [3.8, 4) is 11.1 Å². The van der Waals surface area contributed by atoms with Gasteiger partial charge in [-0.1, -0.05) is 127 Å². The molecule has 5 aromatic rings. The quantitative estimate of drug-likeness (QED) is 0.230. The lowest BCUT2D eigenvalue weighted by atomic mass is 9.83. The molecule has 1 N–H and O–H groups in total. The van der Waals surface area contributed by atoms with Crippen molar-refractivity contribution in [1.82, 2.24) is 0 Å². The largest absolute Gasteiger partial charge is 0.311 e. The Kier molecular flexibility index (Phi) is 7.32. The lowest BCUT2D eigenvalue weighted by Gasteiger charge is -2.25. The zero-order valence-electron chi connectivity index (χ0n) is 22.2. The van der Waals surface area contributed by atoms with Gasteiger partial charge in [0.05, 0.1) is 5.92 Å². The summed E-state index contributed by atoms with van der Waals surface area (Å²) in [4.78, 5) is 2.27. The number of hydrogen-bond acceptors (Lipinski definition) is 2. The van der Waals surface area contributed by atoms with Crippen molar-refractivity contribution in [3.63, 3.8) is 0 Å². The van der Waals surface area contributed by atoms with Gasteiger partial charge < -0.3 is 10.3 Å². The van der Waals surface area contributed by atoms with Crippen LogP contribution in [-0.2, 0) is 0 Å². The second-order valence-corrected chi connectivity index (χ2v) is 9.83. The van der Waals surface area contributed by atoms with E-state index in [0.29, 0.717) is 5.71 Å². The van der Waals surface area contributed by atoms with Crippen molar-refractivity contribution in [2.45, 2.75) is 5.92 Å².